The molecule has 2 fully saturated rings. The van der Waals surface area contributed by atoms with E-state index >= 15 is 0 Å². The van der Waals surface area contributed by atoms with E-state index in [4.69, 9.17) is 19.2 Å². The SMILES string of the molecule is COc1cc(C(=O)N(C)c2ccc(C)cc2OCCCCC(=C=O)N2CCN(C)CC2)ccc1NC(=O)c1cccc2[nH]c(C3CCN(C(=O)OCc4ccccc4)CC3)nc12. The van der Waals surface area contributed by atoms with Crippen molar-refractivity contribution >= 4 is 46.3 Å². The number of amides is 3. The summed E-state index contributed by atoms with van der Waals surface area (Å²) in [5.74, 6) is 3.25. The van der Waals surface area contributed by atoms with Crippen LogP contribution in [0.3, 0.4) is 0 Å². The van der Waals surface area contributed by atoms with Crippen LogP contribution in [-0.4, -0.2) is 116 Å². The molecule has 3 heterocycles. The highest BCUT2D eigenvalue weighted by Crippen LogP contribution is 2.33. The number of para-hydroxylation sites is 1. The van der Waals surface area contributed by atoms with E-state index in [1.165, 1.54) is 7.11 Å². The summed E-state index contributed by atoms with van der Waals surface area (Å²) in [4.78, 5) is 68.1. The number of unbranched alkanes of at least 4 members (excludes halogenated alkanes) is 1. The third-order valence-corrected chi connectivity index (χ3v) is 11.7. The lowest BCUT2D eigenvalue weighted by Crippen LogP contribution is -2.44. The summed E-state index contributed by atoms with van der Waals surface area (Å²) in [7, 11) is 5.27. The molecule has 0 unspecified atom stereocenters. The van der Waals surface area contributed by atoms with Crippen LogP contribution in [0.4, 0.5) is 16.2 Å². The minimum atomic E-state index is -0.377. The molecule has 0 radical (unpaired) electrons. The van der Waals surface area contributed by atoms with Gasteiger partial charge in [0.25, 0.3) is 11.8 Å². The van der Waals surface area contributed by atoms with E-state index in [1.54, 1.807) is 47.2 Å². The van der Waals surface area contributed by atoms with Crippen molar-refractivity contribution in [1.82, 2.24) is 24.7 Å². The molecule has 0 aliphatic carbocycles. The third-order valence-electron chi connectivity index (χ3n) is 11.7. The van der Waals surface area contributed by atoms with E-state index in [2.05, 4.69) is 33.1 Å². The maximum absolute atomic E-state index is 13.9. The van der Waals surface area contributed by atoms with E-state index in [1.807, 2.05) is 61.5 Å². The van der Waals surface area contributed by atoms with E-state index in [0.717, 1.165) is 67.2 Å². The number of ether oxygens (including phenoxy) is 3. The topological polar surface area (TPSA) is 150 Å². The van der Waals surface area contributed by atoms with E-state index in [0.29, 0.717) is 78.5 Å². The van der Waals surface area contributed by atoms with Crippen LogP contribution >= 0.6 is 0 Å². The first kappa shape index (κ1) is 43.5. The lowest BCUT2D eigenvalue weighted by Gasteiger charge is -2.34. The van der Waals surface area contributed by atoms with Crippen molar-refractivity contribution in [2.24, 2.45) is 0 Å². The summed E-state index contributed by atoms with van der Waals surface area (Å²) in [6.07, 6.45) is 3.24. The minimum Gasteiger partial charge on any atom is -0.495 e. The van der Waals surface area contributed by atoms with Gasteiger partial charge in [0.05, 0.1) is 41.9 Å². The monoisotopic (exact) mass is 841 g/mol. The molecule has 0 spiro atoms. The number of rotatable bonds is 15. The van der Waals surface area contributed by atoms with Crippen LogP contribution in [0.2, 0.25) is 0 Å². The van der Waals surface area contributed by atoms with Gasteiger partial charge in [0.1, 0.15) is 35.4 Å². The minimum absolute atomic E-state index is 0.0834. The molecule has 3 amide bonds. The highest BCUT2D eigenvalue weighted by atomic mass is 16.6. The average molecular weight is 842 g/mol. The first-order chi connectivity index (χ1) is 30.1. The molecule has 62 heavy (non-hydrogen) atoms. The van der Waals surface area contributed by atoms with Gasteiger partial charge in [0.2, 0.25) is 0 Å². The first-order valence-corrected chi connectivity index (χ1v) is 21.2. The van der Waals surface area contributed by atoms with Crippen LogP contribution in [-0.2, 0) is 16.1 Å². The van der Waals surface area contributed by atoms with E-state index in [-0.39, 0.29) is 30.4 Å². The molecule has 0 atom stereocenters. The number of aromatic nitrogens is 2. The van der Waals surface area contributed by atoms with Gasteiger partial charge < -0.3 is 44.1 Å². The molecule has 2 saturated heterocycles. The van der Waals surface area contributed by atoms with Crippen molar-refractivity contribution in [2.45, 2.75) is 51.6 Å². The second kappa shape index (κ2) is 20.3. The number of piperazine rings is 1. The lowest BCUT2D eigenvalue weighted by atomic mass is 9.96. The number of piperidine rings is 1. The Morgan fingerprint density at radius 3 is 2.40 bits per heavy atom. The Hall–Kier alpha value is -6.63. The van der Waals surface area contributed by atoms with Crippen molar-refractivity contribution in [3.05, 3.63) is 119 Å². The Bertz CT molecular complexity index is 2410. The molecule has 2 aliphatic heterocycles. The smallest absolute Gasteiger partial charge is 0.410 e. The van der Waals surface area contributed by atoms with Gasteiger partial charge in [-0.3, -0.25) is 9.59 Å². The third kappa shape index (κ3) is 10.4. The fraction of sp³-hybridized carbons (Fsp3) is 0.375. The second-order valence-electron chi connectivity index (χ2n) is 16.0. The molecular formula is C48H55N7O7. The summed E-state index contributed by atoms with van der Waals surface area (Å²) in [5.41, 5.74) is 5.69. The molecule has 5 aromatic rings. The van der Waals surface area contributed by atoms with E-state index < -0.39 is 0 Å². The number of hydrogen-bond donors (Lipinski definition) is 2. The zero-order chi connectivity index (χ0) is 43.6. The lowest BCUT2D eigenvalue weighted by molar-refractivity contribution is 0.0866. The van der Waals surface area contributed by atoms with Crippen LogP contribution in [0.25, 0.3) is 11.0 Å². The van der Waals surface area contributed by atoms with Crippen molar-refractivity contribution in [3.8, 4) is 11.5 Å². The number of methoxy groups -OCH3 is 1. The van der Waals surface area contributed by atoms with Gasteiger partial charge in [0, 0.05) is 57.8 Å². The molecular weight excluding hydrogens is 787 g/mol. The average Bonchev–Trinajstić information content (AvgIpc) is 3.75. The van der Waals surface area contributed by atoms with Crippen molar-refractivity contribution in [3.63, 3.8) is 0 Å². The largest absolute Gasteiger partial charge is 0.495 e. The van der Waals surface area contributed by atoms with E-state index in [9.17, 15) is 19.2 Å². The van der Waals surface area contributed by atoms with Crippen LogP contribution < -0.4 is 19.7 Å². The number of H-pyrrole nitrogens is 1. The number of nitrogens with one attached hydrogen (secondary N) is 2. The van der Waals surface area contributed by atoms with Gasteiger partial charge in [0.15, 0.2) is 0 Å². The number of imidazole rings is 1. The molecule has 7 rings (SSSR count). The first-order valence-electron chi connectivity index (χ1n) is 21.2. The van der Waals surface area contributed by atoms with Gasteiger partial charge in [-0.1, -0.05) is 42.5 Å². The zero-order valence-corrected chi connectivity index (χ0v) is 35.9. The molecule has 2 N–H and O–H groups in total. The number of anilines is 2. The number of hydrogen-bond acceptors (Lipinski definition) is 10. The molecule has 2 aliphatic rings. The molecule has 14 nitrogen and oxygen atoms in total. The Labute approximate surface area is 362 Å². The van der Waals surface area contributed by atoms with Crippen molar-refractivity contribution < 1.29 is 33.4 Å². The Balaban J connectivity index is 0.952. The number of aromatic amines is 1. The van der Waals surface area contributed by atoms with Crippen molar-refractivity contribution in [2.75, 3.05) is 77.3 Å². The summed E-state index contributed by atoms with van der Waals surface area (Å²) < 4.78 is 17.4. The molecule has 0 bridgehead atoms. The Kier molecular flexibility index (Phi) is 14.2. The Morgan fingerprint density at radius 2 is 1.66 bits per heavy atom. The molecule has 1 aromatic heterocycles. The number of nitrogens with zero attached hydrogens (tertiary/aromatic N) is 5. The molecule has 4 aromatic carbocycles. The van der Waals surface area contributed by atoms with Gasteiger partial charge >= 0.3 is 6.09 Å². The number of likely N-dealkylation sites (N-methyl/N-ethyl adjacent to an activating group) is 1. The molecule has 14 heteroatoms. The van der Waals surface area contributed by atoms with Gasteiger partial charge in [-0.15, -0.1) is 0 Å². The molecule has 0 saturated carbocycles. The highest BCUT2D eigenvalue weighted by molar-refractivity contribution is 6.12. The number of fused-ring (bicyclic) bond motifs is 1. The quantitative estimate of drug-likeness (QED) is 0.0805. The summed E-state index contributed by atoms with van der Waals surface area (Å²) in [5, 5.41) is 2.96. The highest BCUT2D eigenvalue weighted by Gasteiger charge is 2.28. The predicted octanol–water partition coefficient (Wildman–Crippen LogP) is 7.44. The number of aryl methyl sites for hydroxylation is 1. The summed E-state index contributed by atoms with van der Waals surface area (Å²) >= 11 is 0. The van der Waals surface area contributed by atoms with Crippen LogP contribution in [0.5, 0.6) is 11.5 Å². The van der Waals surface area contributed by atoms with Gasteiger partial charge in [-0.05, 0) is 99.7 Å². The molecule has 324 valence electrons. The maximum atomic E-state index is 13.9. The summed E-state index contributed by atoms with van der Waals surface area (Å²) in [6, 6.07) is 25.7. The fourth-order valence-corrected chi connectivity index (χ4v) is 7.93. The van der Waals surface area contributed by atoms with Crippen LogP contribution in [0.15, 0.2) is 90.6 Å². The predicted molar refractivity (Wildman–Crippen MR) is 239 cm³/mol. The number of carbonyl (C=O) groups is 3. The fourth-order valence-electron chi connectivity index (χ4n) is 7.93. The normalized spacial score (nSPS) is 14.6. The summed E-state index contributed by atoms with van der Waals surface area (Å²) in [6.45, 7) is 7.22. The van der Waals surface area contributed by atoms with Crippen LogP contribution in [0.1, 0.15) is 75.7 Å². The second-order valence-corrected chi connectivity index (χ2v) is 16.0. The maximum Gasteiger partial charge on any atom is 0.410 e. The number of likely N-dealkylation sites (tertiary alicyclic amines) is 1. The van der Waals surface area contributed by atoms with Crippen LogP contribution in [0, 0.1) is 6.92 Å². The number of carbonyl (C=O) groups excluding carboxylic acids is 4. The van der Waals surface area contributed by atoms with Crippen molar-refractivity contribution in [1.29, 1.82) is 0 Å². The number of allylic oxidation sites excluding steroid dienone is 1. The van der Waals surface area contributed by atoms with Gasteiger partial charge in [-0.2, -0.15) is 0 Å². The Morgan fingerprint density at radius 1 is 0.887 bits per heavy atom. The zero-order valence-electron chi connectivity index (χ0n) is 35.9. The van der Waals surface area contributed by atoms with Gasteiger partial charge in [-0.25, -0.2) is 14.6 Å². The number of benzene rings is 4. The standard InChI is InChI=1S/C48H55N7O7/c1-33-16-19-41(43(29-33)61-28-9-8-13-37(31-56)54-26-24-52(2)25-27-54)53(3)47(58)36-17-18-39(42(30-36)60-4)50-46(57)38-14-10-15-40-44(38)51-45(49-40)35-20-22-55(23-21-35)48(59)62-32-34-11-6-5-7-12-34/h5-7,10-12,14-19,29-30,35H,8-9,13,20-28,32H2,1-4H3,(H,49,51)(H,50,57).